The van der Waals surface area contributed by atoms with E-state index in [1.807, 2.05) is 37.3 Å². The van der Waals surface area contributed by atoms with Crippen molar-refractivity contribution >= 4 is 39.1 Å². The fraction of sp³-hybridized carbons (Fsp3) is 0.355. The number of hydrogen-bond donors (Lipinski definition) is 1. The van der Waals surface area contributed by atoms with Gasteiger partial charge < -0.3 is 10.2 Å². The number of rotatable bonds is 14. The van der Waals surface area contributed by atoms with E-state index in [-0.39, 0.29) is 43.9 Å². The standard InChI is InChI=1S/C31H35ClF3N3O4S/c1-3-18-36-30(40)28(20-23-9-5-4-6-10-23)37(22-24-14-16-26(32)17-15-24)29(39)13-8-19-38(43(2,41)42)27-12-7-11-25(21-27)31(33,34)35/h4-7,9-12,14-17,21,28H,3,8,13,18-20,22H2,1-2H3,(H,36,40)/t28-/m1/s1. The van der Waals surface area contributed by atoms with Crippen LogP contribution in [0.15, 0.2) is 78.9 Å². The van der Waals surface area contributed by atoms with Gasteiger partial charge in [0.05, 0.1) is 17.5 Å². The molecule has 0 spiro atoms. The van der Waals surface area contributed by atoms with Crippen LogP contribution >= 0.6 is 11.6 Å². The van der Waals surface area contributed by atoms with Crippen molar-refractivity contribution in [1.82, 2.24) is 10.2 Å². The van der Waals surface area contributed by atoms with E-state index in [1.165, 1.54) is 11.0 Å². The van der Waals surface area contributed by atoms with Crippen LogP contribution in [0.1, 0.15) is 42.9 Å². The highest BCUT2D eigenvalue weighted by atomic mass is 35.5. The van der Waals surface area contributed by atoms with E-state index in [9.17, 15) is 31.2 Å². The Kier molecular flexibility index (Phi) is 12.0. The van der Waals surface area contributed by atoms with Crippen LogP contribution in [0.4, 0.5) is 18.9 Å². The topological polar surface area (TPSA) is 86.8 Å². The molecule has 43 heavy (non-hydrogen) atoms. The average Bonchev–Trinajstić information content (AvgIpc) is 2.96. The molecule has 0 aliphatic heterocycles. The lowest BCUT2D eigenvalue weighted by Gasteiger charge is -2.32. The molecule has 3 aromatic carbocycles. The first kappa shape index (κ1) is 33.9. The Morgan fingerprint density at radius 3 is 2.23 bits per heavy atom. The molecule has 1 atom stereocenters. The average molecular weight is 638 g/mol. The monoisotopic (exact) mass is 637 g/mol. The number of anilines is 1. The lowest BCUT2D eigenvalue weighted by molar-refractivity contribution is -0.141. The molecule has 7 nitrogen and oxygen atoms in total. The molecule has 0 bridgehead atoms. The first-order chi connectivity index (χ1) is 20.3. The van der Waals surface area contributed by atoms with Crippen molar-refractivity contribution in [2.24, 2.45) is 0 Å². The van der Waals surface area contributed by atoms with Gasteiger partial charge >= 0.3 is 6.18 Å². The van der Waals surface area contributed by atoms with Crippen molar-refractivity contribution in [2.45, 2.75) is 51.4 Å². The van der Waals surface area contributed by atoms with E-state index in [0.717, 1.165) is 39.9 Å². The molecule has 0 aliphatic carbocycles. The number of nitrogens with one attached hydrogen (secondary N) is 1. The van der Waals surface area contributed by atoms with Gasteiger partial charge in [0, 0.05) is 37.5 Å². The van der Waals surface area contributed by atoms with Crippen molar-refractivity contribution in [3.8, 4) is 0 Å². The van der Waals surface area contributed by atoms with Crippen LogP contribution in [0.5, 0.6) is 0 Å². The molecule has 0 radical (unpaired) electrons. The third-order valence-electron chi connectivity index (χ3n) is 6.70. The lowest BCUT2D eigenvalue weighted by Crippen LogP contribution is -2.50. The summed E-state index contributed by atoms with van der Waals surface area (Å²) < 4.78 is 65.8. The van der Waals surface area contributed by atoms with Crippen molar-refractivity contribution in [1.29, 1.82) is 0 Å². The van der Waals surface area contributed by atoms with E-state index in [0.29, 0.717) is 18.0 Å². The van der Waals surface area contributed by atoms with Gasteiger partial charge in [-0.3, -0.25) is 13.9 Å². The Hall–Kier alpha value is -3.57. The molecule has 232 valence electrons. The highest BCUT2D eigenvalue weighted by Crippen LogP contribution is 2.32. The number of amides is 2. The number of carbonyl (C=O) groups excluding carboxylic acids is 2. The fourth-order valence-electron chi connectivity index (χ4n) is 4.55. The van der Waals surface area contributed by atoms with Crippen molar-refractivity contribution in [2.75, 3.05) is 23.7 Å². The minimum atomic E-state index is -4.65. The number of halogens is 4. The van der Waals surface area contributed by atoms with Crippen LogP contribution in [-0.2, 0) is 38.8 Å². The lowest BCUT2D eigenvalue weighted by atomic mass is 10.0. The van der Waals surface area contributed by atoms with E-state index in [4.69, 9.17) is 11.6 Å². The molecule has 0 aliphatic rings. The zero-order valence-electron chi connectivity index (χ0n) is 24.0. The summed E-state index contributed by atoms with van der Waals surface area (Å²) in [4.78, 5) is 28.7. The fourth-order valence-corrected chi connectivity index (χ4v) is 5.63. The van der Waals surface area contributed by atoms with Crippen LogP contribution < -0.4 is 9.62 Å². The maximum absolute atomic E-state index is 13.8. The van der Waals surface area contributed by atoms with E-state index in [2.05, 4.69) is 5.32 Å². The highest BCUT2D eigenvalue weighted by molar-refractivity contribution is 7.92. The van der Waals surface area contributed by atoms with Crippen molar-refractivity contribution in [3.05, 3.63) is 101 Å². The maximum atomic E-state index is 13.8. The Morgan fingerprint density at radius 1 is 0.953 bits per heavy atom. The van der Waals surface area contributed by atoms with Gasteiger partial charge in [-0.15, -0.1) is 0 Å². The summed E-state index contributed by atoms with van der Waals surface area (Å²) in [7, 11) is -3.97. The number of carbonyl (C=O) groups is 2. The number of alkyl halides is 3. The van der Waals surface area contributed by atoms with E-state index in [1.54, 1.807) is 24.3 Å². The summed E-state index contributed by atoms with van der Waals surface area (Å²) in [5.74, 6) is -0.727. The van der Waals surface area contributed by atoms with Gasteiger partial charge in [-0.2, -0.15) is 13.2 Å². The van der Waals surface area contributed by atoms with Gasteiger partial charge in [0.1, 0.15) is 6.04 Å². The van der Waals surface area contributed by atoms with Gasteiger partial charge in [-0.05, 0) is 54.3 Å². The summed E-state index contributed by atoms with van der Waals surface area (Å²) in [6.07, 6.45) is -2.95. The largest absolute Gasteiger partial charge is 0.416 e. The molecule has 12 heteroatoms. The van der Waals surface area contributed by atoms with Crippen LogP contribution in [0.3, 0.4) is 0 Å². The SMILES string of the molecule is CCCNC(=O)[C@@H](Cc1ccccc1)N(Cc1ccc(Cl)cc1)C(=O)CCCN(c1cccc(C(F)(F)F)c1)S(C)(=O)=O. The number of benzene rings is 3. The molecule has 0 unspecified atom stereocenters. The van der Waals surface area contributed by atoms with E-state index < -0.39 is 33.7 Å². The summed E-state index contributed by atoms with van der Waals surface area (Å²) in [6, 6.07) is 19.3. The van der Waals surface area contributed by atoms with Gasteiger partial charge in [-0.25, -0.2) is 8.42 Å². The molecule has 0 fully saturated rings. The molecular weight excluding hydrogens is 603 g/mol. The first-order valence-electron chi connectivity index (χ1n) is 13.8. The third kappa shape index (κ3) is 10.3. The van der Waals surface area contributed by atoms with Crippen LogP contribution in [-0.4, -0.2) is 50.5 Å². The molecule has 3 aromatic rings. The second-order valence-corrected chi connectivity index (χ2v) is 12.5. The van der Waals surface area contributed by atoms with Gasteiger partial charge in [0.15, 0.2) is 0 Å². The summed E-state index contributed by atoms with van der Waals surface area (Å²) in [5.41, 5.74) is 0.455. The second-order valence-electron chi connectivity index (χ2n) is 10.1. The number of nitrogens with zero attached hydrogens (tertiary/aromatic N) is 2. The van der Waals surface area contributed by atoms with Crippen molar-refractivity contribution < 1.29 is 31.2 Å². The minimum absolute atomic E-state index is 0.00784. The maximum Gasteiger partial charge on any atom is 0.416 e. The van der Waals surface area contributed by atoms with Crippen LogP contribution in [0.25, 0.3) is 0 Å². The molecule has 0 heterocycles. The number of hydrogen-bond acceptors (Lipinski definition) is 4. The predicted octanol–water partition coefficient (Wildman–Crippen LogP) is 6.07. The summed E-state index contributed by atoms with van der Waals surface area (Å²) >= 11 is 6.05. The molecule has 1 N–H and O–H groups in total. The minimum Gasteiger partial charge on any atom is -0.354 e. The van der Waals surface area contributed by atoms with Gasteiger partial charge in [0.2, 0.25) is 21.8 Å². The molecule has 3 rings (SSSR count). The van der Waals surface area contributed by atoms with Crippen LogP contribution in [0, 0.1) is 0 Å². The van der Waals surface area contributed by atoms with Crippen molar-refractivity contribution in [3.63, 3.8) is 0 Å². The third-order valence-corrected chi connectivity index (χ3v) is 8.15. The zero-order valence-corrected chi connectivity index (χ0v) is 25.6. The Balaban J connectivity index is 1.88. The first-order valence-corrected chi connectivity index (χ1v) is 16.0. The number of sulfonamides is 1. The summed E-state index contributed by atoms with van der Waals surface area (Å²) in [5, 5.41) is 3.40. The Morgan fingerprint density at radius 2 is 1.63 bits per heavy atom. The summed E-state index contributed by atoms with van der Waals surface area (Å²) in [6.45, 7) is 2.21. The quantitative estimate of drug-likeness (QED) is 0.232. The zero-order chi connectivity index (χ0) is 31.6. The Bertz CT molecular complexity index is 1470. The second kappa shape index (κ2) is 15.2. The molecule has 0 saturated carbocycles. The molecular formula is C31H35ClF3N3O4S. The molecule has 2 amide bonds. The normalized spacial score (nSPS) is 12.4. The molecule has 0 aromatic heterocycles. The predicted molar refractivity (Wildman–Crippen MR) is 162 cm³/mol. The van der Waals surface area contributed by atoms with Crippen LogP contribution in [0.2, 0.25) is 5.02 Å². The smallest absolute Gasteiger partial charge is 0.354 e. The highest BCUT2D eigenvalue weighted by Gasteiger charge is 2.32. The van der Waals surface area contributed by atoms with E-state index >= 15 is 0 Å². The van der Waals surface area contributed by atoms with Gasteiger partial charge in [-0.1, -0.05) is 67.1 Å². The Labute approximate surface area is 255 Å². The molecule has 0 saturated heterocycles. The van der Waals surface area contributed by atoms with Gasteiger partial charge in [0.25, 0.3) is 0 Å².